The fourth-order valence-electron chi connectivity index (χ4n) is 10.2. The smallest absolute Gasteiger partial charge is 0.656 e. The Hall–Kier alpha value is -7.40. The van der Waals surface area contributed by atoms with Gasteiger partial charge >= 0.3 is 21.1 Å². The summed E-state index contributed by atoms with van der Waals surface area (Å²) in [5, 5.41) is 4.63. The fourth-order valence-corrected chi connectivity index (χ4v) is 10.2. The van der Waals surface area contributed by atoms with E-state index in [9.17, 15) is 0 Å². The summed E-state index contributed by atoms with van der Waals surface area (Å²) in [4.78, 5) is 20.5. The van der Waals surface area contributed by atoms with Crippen molar-refractivity contribution in [2.75, 3.05) is 0 Å². The van der Waals surface area contributed by atoms with Crippen LogP contribution >= 0.6 is 0 Å². The van der Waals surface area contributed by atoms with E-state index in [1.54, 1.807) is 0 Å². The van der Waals surface area contributed by atoms with Gasteiger partial charge in [-0.25, -0.2) is 9.97 Å². The predicted molar refractivity (Wildman–Crippen MR) is 273 cm³/mol. The minimum atomic E-state index is 0. The minimum absolute atomic E-state index is 0. The van der Waals surface area contributed by atoms with E-state index in [1.165, 1.54) is 27.6 Å². The molecule has 0 saturated heterocycles. The number of pyridine rings is 2. The van der Waals surface area contributed by atoms with E-state index in [0.29, 0.717) is 11.8 Å². The zero-order valence-electron chi connectivity index (χ0n) is 37.9. The third-order valence-corrected chi connectivity index (χ3v) is 13.2. The standard InChI is InChI=1S/C60H46N6.Pt/c1-36(2)45-22-23-51-57(56(45)37(3)4)49-33-43(40-26-28-61-29-27-40)34-50(58(49)63-51)60-64-59-46(17-12-18-53(59)65(60)44-15-10-7-11-16-44)42-19-21-47-48-32-41(39-13-8-6-9-14-39)20-24-52(48)66(54(47)35-42)55-31-38(5)25-30-62-55;/h6-34,36-37H,1-5H3;/q-2;+2. The van der Waals surface area contributed by atoms with Crippen molar-refractivity contribution in [3.63, 3.8) is 0 Å². The van der Waals surface area contributed by atoms with Crippen molar-refractivity contribution >= 4 is 54.6 Å². The molecule has 0 N–H and O–H groups in total. The number of rotatable bonds is 8. The van der Waals surface area contributed by atoms with Crippen LogP contribution in [0.5, 0.6) is 0 Å². The first kappa shape index (κ1) is 42.2. The summed E-state index contributed by atoms with van der Waals surface area (Å²) < 4.78 is 4.57. The molecule has 0 spiro atoms. The predicted octanol–water partition coefficient (Wildman–Crippen LogP) is 15.2. The van der Waals surface area contributed by atoms with Crippen LogP contribution in [-0.4, -0.2) is 24.1 Å². The molecule has 0 atom stereocenters. The van der Waals surface area contributed by atoms with Crippen LogP contribution in [0.4, 0.5) is 0 Å². The Labute approximate surface area is 404 Å². The quantitative estimate of drug-likeness (QED) is 0.142. The molecule has 12 rings (SSSR count). The molecule has 5 aromatic heterocycles. The van der Waals surface area contributed by atoms with E-state index in [2.05, 4.69) is 206 Å². The van der Waals surface area contributed by atoms with E-state index in [1.807, 2.05) is 24.7 Å². The molecule has 0 saturated carbocycles. The number of aromatic nitrogens is 6. The van der Waals surface area contributed by atoms with Gasteiger partial charge in [0.25, 0.3) is 0 Å². The van der Waals surface area contributed by atoms with E-state index >= 15 is 0 Å². The van der Waals surface area contributed by atoms with Gasteiger partial charge in [-0.15, -0.1) is 34.8 Å². The molecule has 0 aliphatic heterocycles. The summed E-state index contributed by atoms with van der Waals surface area (Å²) >= 11 is 0. The molecular formula is C60H46N6Pt. The summed E-state index contributed by atoms with van der Waals surface area (Å²) in [6.07, 6.45) is 5.62. The van der Waals surface area contributed by atoms with Crippen LogP contribution in [0.25, 0.3) is 111 Å². The third kappa shape index (κ3) is 7.01. The average Bonchev–Trinajstić information content (AvgIpc) is 4.03. The molecule has 6 nitrogen and oxygen atoms in total. The molecule has 67 heavy (non-hydrogen) atoms. The second-order valence-electron chi connectivity index (χ2n) is 18.1. The van der Waals surface area contributed by atoms with Gasteiger partial charge in [0.15, 0.2) is 0 Å². The molecule has 0 fully saturated rings. The van der Waals surface area contributed by atoms with Crippen molar-refractivity contribution in [3.05, 3.63) is 199 Å². The van der Waals surface area contributed by atoms with Gasteiger partial charge in [0.1, 0.15) is 11.6 Å². The SMILES string of the molecule is Cc1ccnc(-n2c3[c-]c(-c4cccc5c4nc(-c4cc(-c6ccncc6)cc6c4[n-]c4ccc(C(C)C)c(C(C)C)c46)n5-c4ccccc4)ccc3c3cc(-c4ccccc4)ccc32)c1.[Pt+2]. The number of nitrogens with zero attached hydrogens (tertiary/aromatic N) is 6. The minimum Gasteiger partial charge on any atom is -0.656 e. The Bertz CT molecular complexity index is 3820. The van der Waals surface area contributed by atoms with Crippen molar-refractivity contribution < 1.29 is 21.1 Å². The number of aryl methyl sites for hydroxylation is 1. The van der Waals surface area contributed by atoms with Crippen LogP contribution < -0.4 is 4.98 Å². The molecular weight excluding hydrogens is 1000 g/mol. The zero-order valence-corrected chi connectivity index (χ0v) is 40.2. The molecule has 0 bridgehead atoms. The molecule has 0 radical (unpaired) electrons. The average molecular weight is 1050 g/mol. The molecule has 12 aromatic rings. The molecule has 7 aromatic carbocycles. The molecule has 0 amide bonds. The topological polar surface area (TPSA) is 62.6 Å². The first-order valence-corrected chi connectivity index (χ1v) is 22.8. The summed E-state index contributed by atoms with van der Waals surface area (Å²) in [7, 11) is 0. The Morgan fingerprint density at radius 2 is 1.33 bits per heavy atom. The van der Waals surface area contributed by atoms with E-state index in [4.69, 9.17) is 15.0 Å². The second kappa shape index (κ2) is 16.8. The molecule has 5 heterocycles. The summed E-state index contributed by atoms with van der Waals surface area (Å²) in [5.41, 5.74) is 18.2. The first-order chi connectivity index (χ1) is 32.3. The first-order valence-electron chi connectivity index (χ1n) is 22.8. The summed E-state index contributed by atoms with van der Waals surface area (Å²) in [5.74, 6) is 2.37. The fraction of sp³-hybridized carbons (Fsp3) is 0.117. The van der Waals surface area contributed by atoms with Crippen molar-refractivity contribution in [2.24, 2.45) is 0 Å². The molecule has 326 valence electrons. The van der Waals surface area contributed by atoms with Crippen LogP contribution in [0.2, 0.25) is 0 Å². The number of hydrogen-bond donors (Lipinski definition) is 0. The molecule has 0 aliphatic carbocycles. The van der Waals surface area contributed by atoms with Gasteiger partial charge in [-0.2, -0.15) is 0 Å². The van der Waals surface area contributed by atoms with Gasteiger partial charge in [-0.05, 0) is 140 Å². The number of benzene rings is 7. The monoisotopic (exact) mass is 1050 g/mol. The van der Waals surface area contributed by atoms with Gasteiger partial charge in [0.2, 0.25) is 0 Å². The third-order valence-electron chi connectivity index (χ3n) is 13.2. The molecule has 0 aliphatic rings. The Morgan fingerprint density at radius 1 is 0.567 bits per heavy atom. The van der Waals surface area contributed by atoms with Gasteiger partial charge in [-0.1, -0.05) is 124 Å². The Kier molecular flexibility index (Phi) is 10.6. The molecule has 0 unspecified atom stereocenters. The summed E-state index contributed by atoms with van der Waals surface area (Å²) in [6.45, 7) is 11.3. The largest absolute Gasteiger partial charge is 2.00 e. The van der Waals surface area contributed by atoms with Gasteiger partial charge < -0.3 is 9.55 Å². The van der Waals surface area contributed by atoms with Crippen molar-refractivity contribution in [2.45, 2.75) is 46.5 Å². The maximum atomic E-state index is 5.73. The van der Waals surface area contributed by atoms with Crippen LogP contribution in [-0.2, 0) is 21.1 Å². The zero-order chi connectivity index (χ0) is 44.6. The van der Waals surface area contributed by atoms with Crippen LogP contribution in [0.1, 0.15) is 56.2 Å². The van der Waals surface area contributed by atoms with Crippen LogP contribution in [0.3, 0.4) is 0 Å². The molecule has 7 heteroatoms. The number of imidazole rings is 1. The van der Waals surface area contributed by atoms with Crippen LogP contribution in [0, 0.1) is 13.0 Å². The van der Waals surface area contributed by atoms with E-state index < -0.39 is 0 Å². The maximum Gasteiger partial charge on any atom is 2.00 e. The number of para-hydroxylation sites is 2. The Morgan fingerprint density at radius 3 is 2.09 bits per heavy atom. The normalized spacial score (nSPS) is 11.8. The number of fused-ring (bicyclic) bond motifs is 7. The second-order valence-corrected chi connectivity index (χ2v) is 18.1. The van der Waals surface area contributed by atoms with Crippen LogP contribution in [0.15, 0.2) is 176 Å². The van der Waals surface area contributed by atoms with E-state index in [-0.39, 0.29) is 21.1 Å². The van der Waals surface area contributed by atoms with Gasteiger partial charge in [-0.3, -0.25) is 9.55 Å². The van der Waals surface area contributed by atoms with Crippen molar-refractivity contribution in [1.29, 1.82) is 0 Å². The van der Waals surface area contributed by atoms with E-state index in [0.717, 1.165) is 100.0 Å². The summed E-state index contributed by atoms with van der Waals surface area (Å²) in [6, 6.07) is 60.3. The number of hydrogen-bond acceptors (Lipinski definition) is 3. The van der Waals surface area contributed by atoms with Crippen molar-refractivity contribution in [1.82, 2.24) is 29.1 Å². The Balaban J connectivity index is 0.00000494. The van der Waals surface area contributed by atoms with Gasteiger partial charge in [0, 0.05) is 35.4 Å². The van der Waals surface area contributed by atoms with Gasteiger partial charge in [0.05, 0.1) is 11.0 Å². The van der Waals surface area contributed by atoms with Crippen molar-refractivity contribution in [3.8, 4) is 56.3 Å². The maximum absolute atomic E-state index is 5.73.